The van der Waals surface area contributed by atoms with Gasteiger partial charge in [-0.3, -0.25) is 9.78 Å². The fourth-order valence-electron chi connectivity index (χ4n) is 2.71. The monoisotopic (exact) mass is 344 g/mol. The van der Waals surface area contributed by atoms with Gasteiger partial charge in [-0.1, -0.05) is 0 Å². The second-order valence-corrected chi connectivity index (χ2v) is 6.47. The number of nitrogens with zero attached hydrogens (tertiary/aromatic N) is 1. The van der Waals surface area contributed by atoms with Crippen molar-refractivity contribution in [2.24, 2.45) is 5.73 Å². The third kappa shape index (κ3) is 5.06. The minimum Gasteiger partial charge on any atom is -0.497 e. The molecule has 6 heteroatoms. The lowest BCUT2D eigenvalue weighted by Gasteiger charge is -2.18. The summed E-state index contributed by atoms with van der Waals surface area (Å²) in [6.45, 7) is 6.50. The van der Waals surface area contributed by atoms with Gasteiger partial charge < -0.3 is 21.1 Å². The van der Waals surface area contributed by atoms with Crippen LogP contribution in [0.1, 0.15) is 32.3 Å². The molecule has 0 aliphatic rings. The van der Waals surface area contributed by atoms with Crippen LogP contribution in [0.25, 0.3) is 10.9 Å². The predicted octanol–water partition coefficient (Wildman–Crippen LogP) is 2.60. The van der Waals surface area contributed by atoms with Crippen molar-refractivity contribution < 1.29 is 9.53 Å². The summed E-state index contributed by atoms with van der Waals surface area (Å²) in [4.78, 5) is 16.0. The van der Waals surface area contributed by atoms with E-state index >= 15 is 0 Å². The summed E-state index contributed by atoms with van der Waals surface area (Å²) in [5.74, 6) is 0.696. The van der Waals surface area contributed by atoms with Crippen LogP contribution in [0.4, 0.5) is 5.69 Å². The van der Waals surface area contributed by atoms with Gasteiger partial charge >= 0.3 is 0 Å². The number of anilines is 1. The van der Waals surface area contributed by atoms with Gasteiger partial charge in [0, 0.05) is 30.2 Å². The number of pyridine rings is 1. The molecule has 6 nitrogen and oxygen atoms in total. The molecule has 2 rings (SSSR count). The molecule has 1 heterocycles. The first-order valence-corrected chi connectivity index (χ1v) is 8.65. The molecule has 0 saturated carbocycles. The Hall–Kier alpha value is -2.34. The molecule has 2 aromatic rings. The first-order valence-electron chi connectivity index (χ1n) is 8.65. The van der Waals surface area contributed by atoms with Crippen LogP contribution >= 0.6 is 0 Å². The maximum Gasteiger partial charge on any atom is 0.236 e. The summed E-state index contributed by atoms with van der Waals surface area (Å²) < 4.78 is 5.42. The smallest absolute Gasteiger partial charge is 0.236 e. The number of fused-ring (bicyclic) bond motifs is 1. The molecule has 1 aromatic heterocycles. The van der Waals surface area contributed by atoms with Crippen molar-refractivity contribution in [1.82, 2.24) is 10.3 Å². The van der Waals surface area contributed by atoms with Crippen LogP contribution in [0.3, 0.4) is 0 Å². The summed E-state index contributed by atoms with van der Waals surface area (Å²) in [6, 6.07) is 5.76. The van der Waals surface area contributed by atoms with Gasteiger partial charge in [0.1, 0.15) is 5.75 Å². The summed E-state index contributed by atoms with van der Waals surface area (Å²) in [5, 5.41) is 7.43. The number of carbonyl (C=O) groups is 1. The highest BCUT2D eigenvalue weighted by molar-refractivity contribution is 5.94. The highest BCUT2D eigenvalue weighted by Crippen LogP contribution is 2.30. The van der Waals surface area contributed by atoms with Gasteiger partial charge in [0.25, 0.3) is 0 Å². The van der Waals surface area contributed by atoms with Crippen molar-refractivity contribution in [2.75, 3.05) is 19.0 Å². The van der Waals surface area contributed by atoms with E-state index in [0.717, 1.165) is 35.2 Å². The molecular weight excluding hydrogens is 316 g/mol. The summed E-state index contributed by atoms with van der Waals surface area (Å²) in [6.07, 6.45) is 3.62. The molecule has 0 radical (unpaired) electrons. The van der Waals surface area contributed by atoms with Crippen molar-refractivity contribution in [3.8, 4) is 5.75 Å². The Morgan fingerprint density at radius 2 is 2.12 bits per heavy atom. The molecule has 4 N–H and O–H groups in total. The molecule has 2 atom stereocenters. The van der Waals surface area contributed by atoms with Gasteiger partial charge in [0.15, 0.2) is 0 Å². The van der Waals surface area contributed by atoms with Gasteiger partial charge in [0.2, 0.25) is 5.91 Å². The second-order valence-electron chi connectivity index (χ2n) is 6.47. The van der Waals surface area contributed by atoms with Crippen LogP contribution < -0.4 is 21.1 Å². The number of hydrogen-bond acceptors (Lipinski definition) is 5. The Morgan fingerprint density at radius 3 is 2.80 bits per heavy atom. The van der Waals surface area contributed by atoms with Crippen molar-refractivity contribution in [3.05, 3.63) is 30.0 Å². The van der Waals surface area contributed by atoms with Crippen LogP contribution in [0, 0.1) is 6.92 Å². The fraction of sp³-hybridized carbons (Fsp3) is 0.474. The van der Waals surface area contributed by atoms with E-state index in [2.05, 4.69) is 29.5 Å². The zero-order chi connectivity index (χ0) is 18.4. The minimum absolute atomic E-state index is 0.112. The zero-order valence-corrected chi connectivity index (χ0v) is 15.4. The summed E-state index contributed by atoms with van der Waals surface area (Å²) in [7, 11) is 1.67. The van der Waals surface area contributed by atoms with Crippen LogP contribution in [0.15, 0.2) is 24.4 Å². The average Bonchev–Trinajstić information content (AvgIpc) is 2.59. The normalized spacial score (nSPS) is 13.3. The molecule has 1 aromatic carbocycles. The first-order chi connectivity index (χ1) is 11.9. The van der Waals surface area contributed by atoms with Crippen molar-refractivity contribution in [1.29, 1.82) is 0 Å². The van der Waals surface area contributed by atoms with Crippen LogP contribution in [0.5, 0.6) is 5.75 Å². The van der Waals surface area contributed by atoms with E-state index in [1.54, 1.807) is 14.0 Å². The van der Waals surface area contributed by atoms with E-state index in [1.807, 2.05) is 24.4 Å². The molecule has 0 fully saturated rings. The number of aromatic nitrogens is 1. The van der Waals surface area contributed by atoms with Crippen LogP contribution in [-0.2, 0) is 4.79 Å². The van der Waals surface area contributed by atoms with Gasteiger partial charge in [-0.2, -0.15) is 0 Å². The maximum absolute atomic E-state index is 11.5. The Balaban J connectivity index is 2.02. The van der Waals surface area contributed by atoms with Gasteiger partial charge in [-0.05, 0) is 51.3 Å². The number of ether oxygens (including phenoxy) is 1. The Bertz CT molecular complexity index is 731. The van der Waals surface area contributed by atoms with Crippen molar-refractivity contribution in [2.45, 2.75) is 45.7 Å². The highest BCUT2D eigenvalue weighted by Gasteiger charge is 2.11. The number of methoxy groups -OCH3 is 1. The zero-order valence-electron chi connectivity index (χ0n) is 15.4. The van der Waals surface area contributed by atoms with Gasteiger partial charge in [0.05, 0.1) is 24.4 Å². The number of aryl methyl sites for hydroxylation is 1. The number of rotatable bonds is 8. The largest absolute Gasteiger partial charge is 0.497 e. The van der Waals surface area contributed by atoms with Crippen LogP contribution in [0.2, 0.25) is 0 Å². The lowest BCUT2D eigenvalue weighted by molar-refractivity contribution is -0.121. The minimum atomic E-state index is -0.465. The number of benzene rings is 1. The second kappa shape index (κ2) is 8.67. The van der Waals surface area contributed by atoms with E-state index in [4.69, 9.17) is 10.5 Å². The molecule has 0 spiro atoms. The average molecular weight is 344 g/mol. The van der Waals surface area contributed by atoms with E-state index in [-0.39, 0.29) is 11.9 Å². The topological polar surface area (TPSA) is 89.3 Å². The lowest BCUT2D eigenvalue weighted by atomic mass is 10.1. The number of hydrogen-bond donors (Lipinski definition) is 3. The summed E-state index contributed by atoms with van der Waals surface area (Å²) >= 11 is 0. The standard InChI is InChI=1S/C19H28N4O2/c1-12-7-9-21-18-16(12)10-15(25-4)11-17(18)23-13(2)6-5-8-22-19(24)14(3)20/h7,9-11,13-14,23H,5-6,8,20H2,1-4H3,(H,22,24)/t13?,14-/m0/s1. The van der Waals surface area contributed by atoms with E-state index in [0.29, 0.717) is 6.54 Å². The lowest BCUT2D eigenvalue weighted by Crippen LogP contribution is -2.38. The van der Waals surface area contributed by atoms with E-state index < -0.39 is 6.04 Å². The van der Waals surface area contributed by atoms with Gasteiger partial charge in [-0.25, -0.2) is 0 Å². The number of nitrogens with two attached hydrogens (primary N) is 1. The SMILES string of the molecule is COc1cc(NC(C)CCCNC(=O)[C@H](C)N)c2nccc(C)c2c1. The third-order valence-electron chi connectivity index (χ3n) is 4.20. The Morgan fingerprint density at radius 1 is 1.36 bits per heavy atom. The molecule has 136 valence electrons. The first kappa shape index (κ1) is 19.0. The maximum atomic E-state index is 11.5. The van der Waals surface area contributed by atoms with E-state index in [9.17, 15) is 4.79 Å². The highest BCUT2D eigenvalue weighted by atomic mass is 16.5. The number of nitrogens with one attached hydrogen (secondary N) is 2. The molecule has 0 bridgehead atoms. The molecule has 0 aliphatic carbocycles. The Labute approximate surface area is 149 Å². The van der Waals surface area contributed by atoms with E-state index in [1.165, 1.54) is 5.56 Å². The Kier molecular flexibility index (Phi) is 6.58. The molecule has 1 amide bonds. The van der Waals surface area contributed by atoms with Gasteiger partial charge in [-0.15, -0.1) is 0 Å². The van der Waals surface area contributed by atoms with Crippen molar-refractivity contribution in [3.63, 3.8) is 0 Å². The summed E-state index contributed by atoms with van der Waals surface area (Å²) in [5.41, 5.74) is 8.60. The van der Waals surface area contributed by atoms with Crippen LogP contribution in [-0.4, -0.2) is 36.6 Å². The third-order valence-corrected chi connectivity index (χ3v) is 4.20. The quantitative estimate of drug-likeness (QED) is 0.641. The molecule has 0 saturated heterocycles. The molecular formula is C19H28N4O2. The fourth-order valence-corrected chi connectivity index (χ4v) is 2.71. The molecule has 1 unspecified atom stereocenters. The van der Waals surface area contributed by atoms with Crippen molar-refractivity contribution >= 4 is 22.5 Å². The number of amides is 1. The predicted molar refractivity (Wildman–Crippen MR) is 102 cm³/mol. The molecule has 0 aliphatic heterocycles. The molecule has 25 heavy (non-hydrogen) atoms. The number of carbonyl (C=O) groups excluding carboxylic acids is 1.